The standard InChI is InChI=1S/C12H12Cl2N4S/c1-18-5-4-9(17-18)7-15-12(19)16-8-2-3-10(13)11(14)6-8/h2-6H,7H2,1H3,(H2,15,16,19). The molecular formula is C12H12Cl2N4S. The third-order valence-electron chi connectivity index (χ3n) is 2.38. The number of nitrogens with zero attached hydrogens (tertiary/aromatic N) is 2. The molecule has 19 heavy (non-hydrogen) atoms. The van der Waals surface area contributed by atoms with Crippen LogP contribution in [0.5, 0.6) is 0 Å². The first-order valence-electron chi connectivity index (χ1n) is 5.53. The van der Waals surface area contributed by atoms with Crippen LogP contribution in [0.25, 0.3) is 0 Å². The molecule has 0 unspecified atom stereocenters. The lowest BCUT2D eigenvalue weighted by Gasteiger charge is -2.10. The highest BCUT2D eigenvalue weighted by molar-refractivity contribution is 7.80. The molecule has 0 aliphatic rings. The maximum absolute atomic E-state index is 5.92. The molecular weight excluding hydrogens is 303 g/mol. The molecule has 0 radical (unpaired) electrons. The summed E-state index contributed by atoms with van der Waals surface area (Å²) in [7, 11) is 1.87. The number of hydrogen-bond donors (Lipinski definition) is 2. The van der Waals surface area contributed by atoms with E-state index in [4.69, 9.17) is 35.4 Å². The van der Waals surface area contributed by atoms with E-state index in [0.717, 1.165) is 11.4 Å². The second-order valence-electron chi connectivity index (χ2n) is 3.92. The summed E-state index contributed by atoms with van der Waals surface area (Å²) in [4.78, 5) is 0. The molecule has 0 bridgehead atoms. The smallest absolute Gasteiger partial charge is 0.171 e. The Hall–Kier alpha value is -1.30. The summed E-state index contributed by atoms with van der Waals surface area (Å²) >= 11 is 17.0. The minimum absolute atomic E-state index is 0.485. The zero-order valence-electron chi connectivity index (χ0n) is 10.2. The Kier molecular flexibility index (Phi) is 4.63. The maximum atomic E-state index is 5.92. The number of aryl methyl sites for hydroxylation is 1. The SMILES string of the molecule is Cn1ccc(CNC(=S)Nc2ccc(Cl)c(Cl)c2)n1. The molecule has 0 spiro atoms. The fourth-order valence-electron chi connectivity index (χ4n) is 1.48. The van der Waals surface area contributed by atoms with Crippen molar-refractivity contribution in [2.24, 2.45) is 7.05 Å². The summed E-state index contributed by atoms with van der Waals surface area (Å²) in [5.74, 6) is 0. The van der Waals surface area contributed by atoms with Crippen molar-refractivity contribution in [2.75, 3.05) is 5.32 Å². The Balaban J connectivity index is 1.88. The van der Waals surface area contributed by atoms with Gasteiger partial charge in [0.25, 0.3) is 0 Å². The average molecular weight is 315 g/mol. The van der Waals surface area contributed by atoms with Gasteiger partial charge in [-0.25, -0.2) is 0 Å². The zero-order chi connectivity index (χ0) is 13.8. The predicted molar refractivity (Wildman–Crippen MR) is 82.7 cm³/mol. The maximum Gasteiger partial charge on any atom is 0.171 e. The summed E-state index contributed by atoms with van der Waals surface area (Å²) in [6.45, 7) is 0.563. The van der Waals surface area contributed by atoms with Crippen LogP contribution in [-0.4, -0.2) is 14.9 Å². The summed E-state index contributed by atoms with van der Waals surface area (Å²) in [5, 5.41) is 11.8. The fraction of sp³-hybridized carbons (Fsp3) is 0.167. The monoisotopic (exact) mass is 314 g/mol. The molecule has 0 saturated carbocycles. The summed E-state index contributed by atoms with van der Waals surface area (Å²) in [6, 6.07) is 7.17. The van der Waals surface area contributed by atoms with E-state index in [2.05, 4.69) is 15.7 Å². The molecule has 100 valence electrons. The molecule has 2 N–H and O–H groups in total. The van der Waals surface area contributed by atoms with Gasteiger partial charge >= 0.3 is 0 Å². The first-order chi connectivity index (χ1) is 9.04. The van der Waals surface area contributed by atoms with Crippen molar-refractivity contribution in [3.63, 3.8) is 0 Å². The largest absolute Gasteiger partial charge is 0.357 e. The molecule has 1 heterocycles. The normalized spacial score (nSPS) is 10.3. The Morgan fingerprint density at radius 1 is 1.32 bits per heavy atom. The highest BCUT2D eigenvalue weighted by Gasteiger charge is 2.02. The van der Waals surface area contributed by atoms with Gasteiger partial charge < -0.3 is 10.6 Å². The van der Waals surface area contributed by atoms with E-state index in [1.165, 1.54) is 0 Å². The number of aromatic nitrogens is 2. The van der Waals surface area contributed by atoms with E-state index in [1.54, 1.807) is 16.8 Å². The molecule has 0 aliphatic carbocycles. The third-order valence-corrected chi connectivity index (χ3v) is 3.36. The van der Waals surface area contributed by atoms with Crippen LogP contribution in [0.2, 0.25) is 10.0 Å². The quantitative estimate of drug-likeness (QED) is 0.854. The highest BCUT2D eigenvalue weighted by Crippen LogP contribution is 2.24. The van der Waals surface area contributed by atoms with Crippen LogP contribution in [0.15, 0.2) is 30.5 Å². The number of halogens is 2. The first-order valence-corrected chi connectivity index (χ1v) is 6.69. The Morgan fingerprint density at radius 3 is 2.74 bits per heavy atom. The number of rotatable bonds is 3. The third kappa shape index (κ3) is 4.09. The Bertz CT molecular complexity index is 597. The van der Waals surface area contributed by atoms with Crippen LogP contribution in [0.4, 0.5) is 5.69 Å². The van der Waals surface area contributed by atoms with Crippen LogP contribution in [0.3, 0.4) is 0 Å². The van der Waals surface area contributed by atoms with Crippen molar-refractivity contribution >= 4 is 46.2 Å². The summed E-state index contributed by atoms with van der Waals surface area (Å²) < 4.78 is 1.74. The fourth-order valence-corrected chi connectivity index (χ4v) is 1.97. The molecule has 7 heteroatoms. The average Bonchev–Trinajstić information content (AvgIpc) is 2.77. The molecule has 0 atom stereocenters. The highest BCUT2D eigenvalue weighted by atomic mass is 35.5. The van der Waals surface area contributed by atoms with Gasteiger partial charge in [-0.3, -0.25) is 4.68 Å². The van der Waals surface area contributed by atoms with Gasteiger partial charge in [0.15, 0.2) is 5.11 Å². The molecule has 0 saturated heterocycles. The van der Waals surface area contributed by atoms with Gasteiger partial charge in [0.05, 0.1) is 22.3 Å². The molecule has 1 aromatic heterocycles. The van der Waals surface area contributed by atoms with Crippen LogP contribution < -0.4 is 10.6 Å². The van der Waals surface area contributed by atoms with E-state index >= 15 is 0 Å². The minimum atomic E-state index is 0.485. The van der Waals surface area contributed by atoms with Crippen LogP contribution >= 0.6 is 35.4 Å². The molecule has 0 aliphatic heterocycles. The number of benzene rings is 1. The molecule has 2 aromatic rings. The first kappa shape index (κ1) is 14.1. The molecule has 0 amide bonds. The molecule has 2 rings (SSSR count). The lowest BCUT2D eigenvalue weighted by Crippen LogP contribution is -2.28. The second kappa shape index (κ2) is 6.23. The Labute approximate surface area is 126 Å². The van der Waals surface area contributed by atoms with Gasteiger partial charge in [-0.15, -0.1) is 0 Å². The van der Waals surface area contributed by atoms with E-state index in [1.807, 2.05) is 25.4 Å². The number of hydrogen-bond acceptors (Lipinski definition) is 2. The molecule has 4 nitrogen and oxygen atoms in total. The summed E-state index contributed by atoms with van der Waals surface area (Å²) in [6.07, 6.45) is 1.88. The number of anilines is 1. The van der Waals surface area contributed by atoms with Crippen LogP contribution in [0, 0.1) is 0 Å². The van der Waals surface area contributed by atoms with Gasteiger partial charge in [0, 0.05) is 18.9 Å². The van der Waals surface area contributed by atoms with Gasteiger partial charge in [-0.2, -0.15) is 5.10 Å². The van der Waals surface area contributed by atoms with Gasteiger partial charge in [0.1, 0.15) is 0 Å². The van der Waals surface area contributed by atoms with Crippen molar-refractivity contribution in [1.82, 2.24) is 15.1 Å². The molecule has 1 aromatic carbocycles. The lowest BCUT2D eigenvalue weighted by atomic mass is 10.3. The molecule has 0 fully saturated rings. The van der Waals surface area contributed by atoms with E-state index in [-0.39, 0.29) is 0 Å². The second-order valence-corrected chi connectivity index (χ2v) is 5.14. The summed E-state index contributed by atoms with van der Waals surface area (Å²) in [5.41, 5.74) is 1.70. The van der Waals surface area contributed by atoms with Crippen molar-refractivity contribution in [3.05, 3.63) is 46.2 Å². The van der Waals surface area contributed by atoms with Crippen LogP contribution in [-0.2, 0) is 13.6 Å². The van der Waals surface area contributed by atoms with E-state index in [0.29, 0.717) is 21.7 Å². The zero-order valence-corrected chi connectivity index (χ0v) is 12.5. The van der Waals surface area contributed by atoms with Gasteiger partial charge in [0.2, 0.25) is 0 Å². The minimum Gasteiger partial charge on any atom is -0.357 e. The number of thiocarbonyl (C=S) groups is 1. The van der Waals surface area contributed by atoms with Crippen molar-refractivity contribution in [3.8, 4) is 0 Å². The van der Waals surface area contributed by atoms with E-state index in [9.17, 15) is 0 Å². The van der Waals surface area contributed by atoms with Gasteiger partial charge in [-0.05, 0) is 36.5 Å². The topological polar surface area (TPSA) is 41.9 Å². The van der Waals surface area contributed by atoms with Crippen molar-refractivity contribution in [2.45, 2.75) is 6.54 Å². The lowest BCUT2D eigenvalue weighted by molar-refractivity contribution is 0.731. The van der Waals surface area contributed by atoms with Gasteiger partial charge in [-0.1, -0.05) is 23.2 Å². The van der Waals surface area contributed by atoms with E-state index < -0.39 is 0 Å². The van der Waals surface area contributed by atoms with Crippen LogP contribution in [0.1, 0.15) is 5.69 Å². The van der Waals surface area contributed by atoms with Crippen molar-refractivity contribution in [1.29, 1.82) is 0 Å². The Morgan fingerprint density at radius 2 is 2.11 bits per heavy atom. The van der Waals surface area contributed by atoms with Crippen molar-refractivity contribution < 1.29 is 0 Å². The predicted octanol–water partition coefficient (Wildman–Crippen LogP) is 3.21. The number of nitrogens with one attached hydrogen (secondary N) is 2.